The lowest BCUT2D eigenvalue weighted by Crippen LogP contribution is -2.36. The molecule has 0 aliphatic heterocycles. The minimum atomic E-state index is -0.222. The van der Waals surface area contributed by atoms with Crippen LogP contribution in [0.15, 0.2) is 0 Å². The number of hydrogen-bond acceptors (Lipinski definition) is 2. The van der Waals surface area contributed by atoms with E-state index in [0.29, 0.717) is 12.5 Å². The maximum absolute atomic E-state index is 11.3. The van der Waals surface area contributed by atoms with Crippen LogP contribution < -0.4 is 5.32 Å². The molecular formula is C10H19NO2. The van der Waals surface area contributed by atoms with Gasteiger partial charge in [-0.15, -0.1) is 0 Å². The molecule has 1 aliphatic rings. The second kappa shape index (κ2) is 5.22. The van der Waals surface area contributed by atoms with E-state index in [9.17, 15) is 4.79 Å². The van der Waals surface area contributed by atoms with Crippen LogP contribution in [0, 0.1) is 5.92 Å². The van der Waals surface area contributed by atoms with E-state index in [1.165, 1.54) is 19.3 Å². The Hall–Kier alpha value is -0.570. The van der Waals surface area contributed by atoms with E-state index in [4.69, 9.17) is 4.74 Å². The Morgan fingerprint density at radius 2 is 2.31 bits per heavy atom. The summed E-state index contributed by atoms with van der Waals surface area (Å²) in [6.07, 6.45) is 4.52. The summed E-state index contributed by atoms with van der Waals surface area (Å²) in [6, 6.07) is 0. The van der Waals surface area contributed by atoms with Crippen LogP contribution in [0.2, 0.25) is 0 Å². The van der Waals surface area contributed by atoms with Crippen molar-refractivity contribution < 1.29 is 9.53 Å². The fraction of sp³-hybridized carbons (Fsp3) is 0.900. The number of hydrogen-bond donors (Lipinski definition) is 1. The lowest BCUT2D eigenvalue weighted by molar-refractivity contribution is -0.133. The lowest BCUT2D eigenvalue weighted by Gasteiger charge is -2.28. The third kappa shape index (κ3) is 2.99. The van der Waals surface area contributed by atoms with Crippen LogP contribution in [0.3, 0.4) is 0 Å². The molecule has 0 saturated heterocycles. The second-order valence-electron chi connectivity index (χ2n) is 3.59. The van der Waals surface area contributed by atoms with Gasteiger partial charge in [-0.25, -0.2) is 0 Å². The number of rotatable bonds is 5. The highest BCUT2D eigenvalue weighted by Gasteiger charge is 2.26. The van der Waals surface area contributed by atoms with Gasteiger partial charge in [0.05, 0.1) is 0 Å². The van der Waals surface area contributed by atoms with Gasteiger partial charge in [-0.1, -0.05) is 19.3 Å². The monoisotopic (exact) mass is 185 g/mol. The maximum atomic E-state index is 11.3. The first-order chi connectivity index (χ1) is 6.27. The van der Waals surface area contributed by atoms with Gasteiger partial charge in [0.2, 0.25) is 5.91 Å². The van der Waals surface area contributed by atoms with Gasteiger partial charge < -0.3 is 10.1 Å². The molecule has 0 aromatic rings. The Labute approximate surface area is 79.8 Å². The molecule has 1 unspecified atom stereocenters. The van der Waals surface area contributed by atoms with Crippen molar-refractivity contribution in [3.05, 3.63) is 0 Å². The molecule has 3 heteroatoms. The zero-order valence-corrected chi connectivity index (χ0v) is 8.51. The molecule has 3 nitrogen and oxygen atoms in total. The van der Waals surface area contributed by atoms with Crippen LogP contribution in [0.1, 0.15) is 32.6 Å². The Kier molecular flexibility index (Phi) is 4.22. The van der Waals surface area contributed by atoms with Crippen molar-refractivity contribution in [2.75, 3.05) is 13.7 Å². The van der Waals surface area contributed by atoms with Gasteiger partial charge in [-0.05, 0) is 19.3 Å². The van der Waals surface area contributed by atoms with Crippen LogP contribution >= 0.6 is 0 Å². The van der Waals surface area contributed by atoms with Gasteiger partial charge in [0.1, 0.15) is 6.10 Å². The van der Waals surface area contributed by atoms with Crippen LogP contribution in [0.5, 0.6) is 0 Å². The van der Waals surface area contributed by atoms with Crippen LogP contribution in [0.25, 0.3) is 0 Å². The number of nitrogens with one attached hydrogen (secondary N) is 1. The first-order valence-electron chi connectivity index (χ1n) is 5.11. The number of amides is 1. The standard InChI is InChI=1S/C10H19NO2/c1-3-13-9(10(12)11-2)7-8-5-4-6-8/h8-9H,3-7H2,1-2H3,(H,11,12). The van der Waals surface area contributed by atoms with Crippen LogP contribution in [-0.2, 0) is 9.53 Å². The van der Waals surface area contributed by atoms with E-state index in [1.807, 2.05) is 6.92 Å². The van der Waals surface area contributed by atoms with Gasteiger partial charge in [0.15, 0.2) is 0 Å². The summed E-state index contributed by atoms with van der Waals surface area (Å²) >= 11 is 0. The molecule has 1 N–H and O–H groups in total. The van der Waals surface area contributed by atoms with Gasteiger partial charge in [-0.2, -0.15) is 0 Å². The predicted octanol–water partition coefficient (Wildman–Crippen LogP) is 1.33. The van der Waals surface area contributed by atoms with Crippen molar-refractivity contribution in [2.45, 2.75) is 38.7 Å². The van der Waals surface area contributed by atoms with Gasteiger partial charge >= 0.3 is 0 Å². The molecule has 0 heterocycles. The van der Waals surface area contributed by atoms with E-state index in [-0.39, 0.29) is 12.0 Å². The van der Waals surface area contributed by atoms with E-state index < -0.39 is 0 Å². The summed E-state index contributed by atoms with van der Waals surface area (Å²) in [5, 5.41) is 2.64. The maximum Gasteiger partial charge on any atom is 0.248 e. The van der Waals surface area contributed by atoms with E-state index >= 15 is 0 Å². The first-order valence-corrected chi connectivity index (χ1v) is 5.11. The number of likely N-dealkylation sites (N-methyl/N-ethyl adjacent to an activating group) is 1. The molecule has 1 aliphatic carbocycles. The predicted molar refractivity (Wildman–Crippen MR) is 51.4 cm³/mol. The van der Waals surface area contributed by atoms with Crippen molar-refractivity contribution in [1.29, 1.82) is 0 Å². The van der Waals surface area contributed by atoms with Gasteiger partial charge in [0, 0.05) is 13.7 Å². The molecule has 1 fully saturated rings. The third-order valence-electron chi connectivity index (χ3n) is 2.68. The SMILES string of the molecule is CCOC(CC1CCC1)C(=O)NC. The minimum absolute atomic E-state index is 0.0220. The Bertz CT molecular complexity index is 166. The van der Waals surface area contributed by atoms with E-state index in [2.05, 4.69) is 5.32 Å². The van der Waals surface area contributed by atoms with Gasteiger partial charge in [-0.3, -0.25) is 4.79 Å². The van der Waals surface area contributed by atoms with E-state index in [0.717, 1.165) is 6.42 Å². The molecule has 0 radical (unpaired) electrons. The Balaban J connectivity index is 2.31. The summed E-state index contributed by atoms with van der Waals surface area (Å²) < 4.78 is 5.39. The molecule has 0 spiro atoms. The molecule has 1 rings (SSSR count). The summed E-state index contributed by atoms with van der Waals surface area (Å²) in [7, 11) is 1.66. The van der Waals surface area contributed by atoms with Crippen molar-refractivity contribution in [3.8, 4) is 0 Å². The van der Waals surface area contributed by atoms with Gasteiger partial charge in [0.25, 0.3) is 0 Å². The molecule has 13 heavy (non-hydrogen) atoms. The average Bonchev–Trinajstić information content (AvgIpc) is 2.07. The summed E-state index contributed by atoms with van der Waals surface area (Å²) in [5.41, 5.74) is 0. The van der Waals surface area contributed by atoms with Crippen LogP contribution in [-0.4, -0.2) is 25.7 Å². The quantitative estimate of drug-likeness (QED) is 0.701. The molecular weight excluding hydrogens is 166 g/mol. The highest BCUT2D eigenvalue weighted by molar-refractivity contribution is 5.80. The topological polar surface area (TPSA) is 38.3 Å². The first kappa shape index (κ1) is 10.5. The highest BCUT2D eigenvalue weighted by atomic mass is 16.5. The zero-order chi connectivity index (χ0) is 9.68. The molecule has 0 aromatic heterocycles. The number of carbonyl (C=O) groups excluding carboxylic acids is 1. The van der Waals surface area contributed by atoms with Crippen LogP contribution in [0.4, 0.5) is 0 Å². The molecule has 0 aromatic carbocycles. The lowest BCUT2D eigenvalue weighted by atomic mass is 9.81. The Morgan fingerprint density at radius 1 is 1.62 bits per heavy atom. The Morgan fingerprint density at radius 3 is 2.69 bits per heavy atom. The van der Waals surface area contributed by atoms with E-state index in [1.54, 1.807) is 7.05 Å². The zero-order valence-electron chi connectivity index (χ0n) is 8.51. The molecule has 1 atom stereocenters. The molecule has 1 amide bonds. The third-order valence-corrected chi connectivity index (χ3v) is 2.68. The van der Waals surface area contributed by atoms with Crippen molar-refractivity contribution in [1.82, 2.24) is 5.32 Å². The number of carbonyl (C=O) groups is 1. The highest BCUT2D eigenvalue weighted by Crippen LogP contribution is 2.31. The molecule has 0 bridgehead atoms. The summed E-state index contributed by atoms with van der Waals surface area (Å²) in [6.45, 7) is 2.54. The molecule has 1 saturated carbocycles. The summed E-state index contributed by atoms with van der Waals surface area (Å²) in [4.78, 5) is 11.3. The minimum Gasteiger partial charge on any atom is -0.369 e. The number of ether oxygens (including phenoxy) is 1. The average molecular weight is 185 g/mol. The van der Waals surface area contributed by atoms with Crippen molar-refractivity contribution in [3.63, 3.8) is 0 Å². The normalized spacial score (nSPS) is 19.2. The fourth-order valence-corrected chi connectivity index (χ4v) is 1.64. The van der Waals surface area contributed by atoms with Crippen molar-refractivity contribution in [2.24, 2.45) is 5.92 Å². The largest absolute Gasteiger partial charge is 0.369 e. The summed E-state index contributed by atoms with van der Waals surface area (Å²) in [5.74, 6) is 0.739. The second-order valence-corrected chi connectivity index (χ2v) is 3.59. The van der Waals surface area contributed by atoms with Crippen molar-refractivity contribution >= 4 is 5.91 Å². The molecule has 76 valence electrons. The smallest absolute Gasteiger partial charge is 0.248 e. The fourth-order valence-electron chi connectivity index (χ4n) is 1.64.